The predicted octanol–water partition coefficient (Wildman–Crippen LogP) is 2.94. The van der Waals surface area contributed by atoms with Crippen LogP contribution in [0.3, 0.4) is 0 Å². The van der Waals surface area contributed by atoms with Crippen molar-refractivity contribution in [1.29, 1.82) is 0 Å². The van der Waals surface area contributed by atoms with Crippen LogP contribution in [0.25, 0.3) is 0 Å². The monoisotopic (exact) mass is 242 g/mol. The lowest BCUT2D eigenvalue weighted by Crippen LogP contribution is -2.24. The average Bonchev–Trinajstić information content (AvgIpc) is 2.60. The van der Waals surface area contributed by atoms with Crippen molar-refractivity contribution in [3.8, 4) is 0 Å². The summed E-state index contributed by atoms with van der Waals surface area (Å²) in [6.07, 6.45) is 1.39. The van der Waals surface area contributed by atoms with E-state index in [9.17, 15) is 4.79 Å². The van der Waals surface area contributed by atoms with Crippen LogP contribution in [-0.2, 0) is 0 Å². The van der Waals surface area contributed by atoms with Gasteiger partial charge in [-0.3, -0.25) is 0 Å². The summed E-state index contributed by atoms with van der Waals surface area (Å²) >= 11 is 1.17. The fraction of sp³-hybridized carbons (Fsp3) is 0.636. The van der Waals surface area contributed by atoms with Crippen LogP contribution in [-0.4, -0.2) is 22.6 Å². The molecule has 1 aromatic heterocycles. The van der Waals surface area contributed by atoms with Crippen molar-refractivity contribution in [3.05, 3.63) is 11.1 Å². The number of aromatic carboxylic acids is 1. The molecule has 4 nitrogen and oxygen atoms in total. The maximum atomic E-state index is 10.7. The van der Waals surface area contributed by atoms with E-state index in [1.165, 1.54) is 17.5 Å². The normalized spacial score (nSPS) is 13.5. The molecular weight excluding hydrogens is 224 g/mol. The van der Waals surface area contributed by atoms with Crippen molar-refractivity contribution in [2.45, 2.75) is 27.7 Å². The molecule has 1 rings (SSSR count). The molecule has 0 radical (unpaired) electrons. The Labute approximate surface area is 99.7 Å². The summed E-state index contributed by atoms with van der Waals surface area (Å²) in [7, 11) is 0. The molecule has 0 aliphatic heterocycles. The minimum atomic E-state index is -0.922. The SMILES string of the molecule is CC(CNc1ncc(C(=O)O)s1)C(C)(C)C. The number of thiazole rings is 1. The van der Waals surface area contributed by atoms with Gasteiger partial charge in [0, 0.05) is 6.54 Å². The van der Waals surface area contributed by atoms with Gasteiger partial charge in [0.25, 0.3) is 0 Å². The summed E-state index contributed by atoms with van der Waals surface area (Å²) in [5, 5.41) is 12.6. The lowest BCUT2D eigenvalue weighted by atomic mass is 9.82. The Morgan fingerprint density at radius 2 is 2.25 bits per heavy atom. The zero-order chi connectivity index (χ0) is 12.3. The number of hydrogen-bond donors (Lipinski definition) is 2. The molecule has 5 heteroatoms. The summed E-state index contributed by atoms with van der Waals surface area (Å²) in [6.45, 7) is 9.52. The van der Waals surface area contributed by atoms with Crippen LogP contribution >= 0.6 is 11.3 Å². The molecule has 0 amide bonds. The Morgan fingerprint density at radius 3 is 2.69 bits per heavy atom. The van der Waals surface area contributed by atoms with Crippen molar-refractivity contribution in [1.82, 2.24) is 4.98 Å². The highest BCUT2D eigenvalue weighted by Crippen LogP contribution is 2.26. The third-order valence-electron chi connectivity index (χ3n) is 2.75. The number of hydrogen-bond acceptors (Lipinski definition) is 4. The highest BCUT2D eigenvalue weighted by Gasteiger charge is 2.20. The summed E-state index contributed by atoms with van der Waals surface area (Å²) < 4.78 is 0. The molecule has 1 aromatic rings. The number of nitrogens with zero attached hydrogens (tertiary/aromatic N) is 1. The maximum absolute atomic E-state index is 10.7. The Kier molecular flexibility index (Phi) is 3.91. The molecule has 0 fully saturated rings. The number of carboxylic acid groups (broad SMARTS) is 1. The molecule has 1 heterocycles. The fourth-order valence-electron chi connectivity index (χ4n) is 1.00. The van der Waals surface area contributed by atoms with E-state index in [-0.39, 0.29) is 10.3 Å². The van der Waals surface area contributed by atoms with E-state index >= 15 is 0 Å². The van der Waals surface area contributed by atoms with Crippen molar-refractivity contribution < 1.29 is 9.90 Å². The van der Waals surface area contributed by atoms with Crippen LogP contribution in [0.15, 0.2) is 6.20 Å². The third kappa shape index (κ3) is 3.48. The van der Waals surface area contributed by atoms with Crippen LogP contribution in [0.4, 0.5) is 5.13 Å². The minimum Gasteiger partial charge on any atom is -0.477 e. The smallest absolute Gasteiger partial charge is 0.347 e. The summed E-state index contributed by atoms with van der Waals surface area (Å²) in [5.41, 5.74) is 0.236. The predicted molar refractivity (Wildman–Crippen MR) is 66.2 cm³/mol. The molecule has 90 valence electrons. The molecule has 1 unspecified atom stereocenters. The first-order valence-electron chi connectivity index (χ1n) is 5.23. The van der Waals surface area contributed by atoms with E-state index in [1.54, 1.807) is 0 Å². The topological polar surface area (TPSA) is 62.2 Å². The van der Waals surface area contributed by atoms with Gasteiger partial charge in [0.15, 0.2) is 5.13 Å². The van der Waals surface area contributed by atoms with Gasteiger partial charge in [-0.15, -0.1) is 0 Å². The Hall–Kier alpha value is -1.10. The second kappa shape index (κ2) is 4.82. The number of carboxylic acids is 1. The molecule has 2 N–H and O–H groups in total. The first-order chi connectivity index (χ1) is 7.30. The van der Waals surface area contributed by atoms with E-state index in [1.807, 2.05) is 0 Å². The van der Waals surface area contributed by atoms with Gasteiger partial charge < -0.3 is 10.4 Å². The first kappa shape index (κ1) is 13.0. The zero-order valence-electron chi connectivity index (χ0n) is 10.1. The summed E-state index contributed by atoms with van der Waals surface area (Å²) in [4.78, 5) is 14.9. The van der Waals surface area contributed by atoms with Gasteiger partial charge in [0.2, 0.25) is 0 Å². The first-order valence-corrected chi connectivity index (χ1v) is 6.05. The molecule has 0 saturated heterocycles. The number of nitrogens with one attached hydrogen (secondary N) is 1. The molecule has 0 spiro atoms. The summed E-state index contributed by atoms with van der Waals surface area (Å²) in [6, 6.07) is 0. The second-order valence-corrected chi connectivity index (χ2v) is 6.01. The average molecular weight is 242 g/mol. The molecule has 0 aromatic carbocycles. The minimum absolute atomic E-state index is 0.236. The summed E-state index contributed by atoms with van der Waals surface area (Å²) in [5.74, 6) is -0.431. The quantitative estimate of drug-likeness (QED) is 0.852. The van der Waals surface area contributed by atoms with Gasteiger partial charge >= 0.3 is 5.97 Å². The van der Waals surface area contributed by atoms with Gasteiger partial charge in [0.1, 0.15) is 4.88 Å². The van der Waals surface area contributed by atoms with Crippen LogP contribution < -0.4 is 5.32 Å². The highest BCUT2D eigenvalue weighted by molar-refractivity contribution is 7.17. The lowest BCUT2D eigenvalue weighted by Gasteiger charge is -2.27. The van der Waals surface area contributed by atoms with Gasteiger partial charge in [-0.05, 0) is 11.3 Å². The highest BCUT2D eigenvalue weighted by atomic mass is 32.1. The van der Waals surface area contributed by atoms with Crippen molar-refractivity contribution in [2.24, 2.45) is 11.3 Å². The number of aromatic nitrogens is 1. The molecular formula is C11H18N2O2S. The van der Waals surface area contributed by atoms with Crippen LogP contribution in [0.1, 0.15) is 37.4 Å². The molecule has 1 atom stereocenters. The Balaban J connectivity index is 2.52. The van der Waals surface area contributed by atoms with Gasteiger partial charge in [-0.25, -0.2) is 9.78 Å². The lowest BCUT2D eigenvalue weighted by molar-refractivity contribution is 0.0702. The number of anilines is 1. The molecule has 0 saturated carbocycles. The largest absolute Gasteiger partial charge is 0.477 e. The number of carbonyl (C=O) groups is 1. The molecule has 0 bridgehead atoms. The Bertz CT molecular complexity index is 368. The van der Waals surface area contributed by atoms with Crippen molar-refractivity contribution >= 4 is 22.4 Å². The van der Waals surface area contributed by atoms with E-state index in [0.717, 1.165) is 6.54 Å². The van der Waals surface area contributed by atoms with Gasteiger partial charge in [-0.1, -0.05) is 39.0 Å². The molecule has 0 aliphatic carbocycles. The van der Waals surface area contributed by atoms with Crippen LogP contribution in [0.5, 0.6) is 0 Å². The number of rotatable bonds is 4. The Morgan fingerprint density at radius 1 is 1.62 bits per heavy atom. The van der Waals surface area contributed by atoms with E-state index in [2.05, 4.69) is 38.0 Å². The maximum Gasteiger partial charge on any atom is 0.347 e. The van der Waals surface area contributed by atoms with Crippen LogP contribution in [0.2, 0.25) is 0 Å². The van der Waals surface area contributed by atoms with Gasteiger partial charge in [0.05, 0.1) is 6.20 Å². The van der Waals surface area contributed by atoms with Gasteiger partial charge in [-0.2, -0.15) is 0 Å². The second-order valence-electron chi connectivity index (χ2n) is 4.98. The van der Waals surface area contributed by atoms with E-state index in [4.69, 9.17) is 5.11 Å². The fourth-order valence-corrected chi connectivity index (χ4v) is 1.66. The molecule has 0 aliphatic rings. The zero-order valence-corrected chi connectivity index (χ0v) is 10.9. The van der Waals surface area contributed by atoms with Crippen molar-refractivity contribution in [3.63, 3.8) is 0 Å². The van der Waals surface area contributed by atoms with E-state index in [0.29, 0.717) is 11.0 Å². The van der Waals surface area contributed by atoms with Crippen LogP contribution in [0, 0.1) is 11.3 Å². The molecule has 16 heavy (non-hydrogen) atoms. The third-order valence-corrected chi connectivity index (χ3v) is 3.70. The van der Waals surface area contributed by atoms with Crippen molar-refractivity contribution in [2.75, 3.05) is 11.9 Å². The van der Waals surface area contributed by atoms with E-state index < -0.39 is 5.97 Å². The standard InChI is InChI=1S/C11H18N2O2S/c1-7(11(2,3)4)5-12-10-13-6-8(16-10)9(14)15/h6-7H,5H2,1-4H3,(H,12,13)(H,14,15).